The van der Waals surface area contributed by atoms with Gasteiger partial charge in [-0.15, -0.1) is 0 Å². The molecular weight excluding hydrogens is 332 g/mol. The molecule has 0 aromatic carbocycles. The number of likely N-dealkylation sites (tertiary alicyclic amines) is 1. The van der Waals surface area contributed by atoms with Gasteiger partial charge in [0.2, 0.25) is 5.91 Å². The Hall–Kier alpha value is -2.61. The van der Waals surface area contributed by atoms with Crippen molar-refractivity contribution >= 4 is 17.5 Å². The zero-order valence-corrected chi connectivity index (χ0v) is 15.4. The number of piperazine rings is 1. The number of aromatic nitrogens is 3. The molecule has 0 bridgehead atoms. The minimum Gasteiger partial charge on any atom is -0.347 e. The van der Waals surface area contributed by atoms with E-state index in [0.717, 1.165) is 12.1 Å². The molecule has 2 aromatic rings. The first-order chi connectivity index (χ1) is 12.4. The Morgan fingerprint density at radius 3 is 2.69 bits per heavy atom. The fourth-order valence-electron chi connectivity index (χ4n) is 4.06. The number of aryl methyl sites for hydroxylation is 2. The van der Waals surface area contributed by atoms with Crippen molar-refractivity contribution in [3.63, 3.8) is 0 Å². The summed E-state index contributed by atoms with van der Waals surface area (Å²) in [6.45, 7) is 2.24. The van der Waals surface area contributed by atoms with Gasteiger partial charge in [-0.1, -0.05) is 0 Å². The van der Waals surface area contributed by atoms with Gasteiger partial charge in [0, 0.05) is 46.1 Å². The highest BCUT2D eigenvalue weighted by Gasteiger charge is 2.49. The summed E-state index contributed by atoms with van der Waals surface area (Å²) in [7, 11) is 5.71. The summed E-state index contributed by atoms with van der Waals surface area (Å²) in [6, 6.07) is 3.73. The van der Waals surface area contributed by atoms with Gasteiger partial charge >= 0.3 is 0 Å². The van der Waals surface area contributed by atoms with Crippen LogP contribution in [-0.2, 0) is 18.9 Å². The van der Waals surface area contributed by atoms with Crippen LogP contribution in [0.2, 0.25) is 0 Å². The molecule has 1 spiro atoms. The highest BCUT2D eigenvalue weighted by molar-refractivity contribution is 5.96. The van der Waals surface area contributed by atoms with Crippen molar-refractivity contribution in [3.8, 4) is 0 Å². The SMILES string of the molecule is CN1CC(=O)N(c2cnn(C)c2)CC12CCN(C(=O)c1cccn1C)C2. The summed E-state index contributed by atoms with van der Waals surface area (Å²) in [5, 5.41) is 4.19. The molecule has 4 heterocycles. The van der Waals surface area contributed by atoms with Crippen LogP contribution in [0.5, 0.6) is 0 Å². The molecule has 2 aliphatic heterocycles. The van der Waals surface area contributed by atoms with Crippen LogP contribution in [0.3, 0.4) is 0 Å². The van der Waals surface area contributed by atoms with E-state index in [2.05, 4.69) is 10.00 Å². The minimum atomic E-state index is -0.218. The maximum atomic E-state index is 12.9. The first kappa shape index (κ1) is 16.8. The summed E-state index contributed by atoms with van der Waals surface area (Å²) >= 11 is 0. The maximum absolute atomic E-state index is 12.9. The van der Waals surface area contributed by atoms with Crippen molar-refractivity contribution in [1.82, 2.24) is 24.1 Å². The lowest BCUT2D eigenvalue weighted by Crippen LogP contribution is -2.64. The van der Waals surface area contributed by atoms with E-state index >= 15 is 0 Å². The number of carbonyl (C=O) groups excluding carboxylic acids is 2. The first-order valence-corrected chi connectivity index (χ1v) is 8.80. The third kappa shape index (κ3) is 2.61. The molecule has 138 valence electrons. The predicted molar refractivity (Wildman–Crippen MR) is 96.9 cm³/mol. The zero-order chi connectivity index (χ0) is 18.5. The second-order valence-corrected chi connectivity index (χ2v) is 7.41. The molecule has 2 aliphatic rings. The second kappa shape index (κ2) is 5.98. The first-order valence-electron chi connectivity index (χ1n) is 8.80. The topological polar surface area (TPSA) is 66.6 Å². The molecule has 2 amide bonds. The Kier molecular flexibility index (Phi) is 3.87. The van der Waals surface area contributed by atoms with Crippen LogP contribution < -0.4 is 4.90 Å². The van der Waals surface area contributed by atoms with Gasteiger partial charge in [-0.05, 0) is 25.6 Å². The van der Waals surface area contributed by atoms with Gasteiger partial charge in [-0.2, -0.15) is 5.10 Å². The Morgan fingerprint density at radius 1 is 1.23 bits per heavy atom. The molecule has 0 N–H and O–H groups in total. The van der Waals surface area contributed by atoms with Gasteiger partial charge in [0.1, 0.15) is 5.69 Å². The van der Waals surface area contributed by atoms with Crippen molar-refractivity contribution < 1.29 is 9.59 Å². The maximum Gasteiger partial charge on any atom is 0.270 e. The van der Waals surface area contributed by atoms with Crippen LogP contribution in [0.1, 0.15) is 16.9 Å². The number of nitrogens with zero attached hydrogens (tertiary/aromatic N) is 6. The molecule has 0 radical (unpaired) electrons. The predicted octanol–water partition coefficient (Wildman–Crippen LogP) is 0.322. The fourth-order valence-corrected chi connectivity index (χ4v) is 4.06. The van der Waals surface area contributed by atoms with Gasteiger partial charge < -0.3 is 14.4 Å². The third-order valence-electron chi connectivity index (χ3n) is 5.72. The zero-order valence-electron chi connectivity index (χ0n) is 15.4. The van der Waals surface area contributed by atoms with Crippen LogP contribution in [0.4, 0.5) is 5.69 Å². The highest BCUT2D eigenvalue weighted by Crippen LogP contribution is 2.33. The van der Waals surface area contributed by atoms with Crippen molar-refractivity contribution in [2.45, 2.75) is 12.0 Å². The lowest BCUT2D eigenvalue weighted by molar-refractivity contribution is -0.123. The summed E-state index contributed by atoms with van der Waals surface area (Å²) < 4.78 is 3.55. The Balaban J connectivity index is 1.57. The number of hydrogen-bond donors (Lipinski definition) is 0. The smallest absolute Gasteiger partial charge is 0.270 e. The molecule has 26 heavy (non-hydrogen) atoms. The highest BCUT2D eigenvalue weighted by atomic mass is 16.2. The Labute approximate surface area is 152 Å². The molecule has 1 atom stereocenters. The summed E-state index contributed by atoms with van der Waals surface area (Å²) in [4.78, 5) is 31.3. The Bertz CT molecular complexity index is 855. The average molecular weight is 356 g/mol. The summed E-state index contributed by atoms with van der Waals surface area (Å²) in [5.41, 5.74) is 1.29. The van der Waals surface area contributed by atoms with E-state index in [1.807, 2.05) is 60.0 Å². The lowest BCUT2D eigenvalue weighted by Gasteiger charge is -2.46. The van der Waals surface area contributed by atoms with Crippen LogP contribution in [-0.4, -0.2) is 74.7 Å². The van der Waals surface area contributed by atoms with Crippen molar-refractivity contribution in [1.29, 1.82) is 0 Å². The van der Waals surface area contributed by atoms with Crippen molar-refractivity contribution in [3.05, 3.63) is 36.4 Å². The third-order valence-corrected chi connectivity index (χ3v) is 5.72. The standard InChI is InChI=1S/C18H24N6O2/c1-20-7-4-5-15(20)17(26)23-8-6-18(12-23)13-24(16(25)11-21(18)2)14-9-19-22(3)10-14/h4-5,7,9-10H,6,8,11-13H2,1-3H3. The number of hydrogen-bond acceptors (Lipinski definition) is 4. The summed E-state index contributed by atoms with van der Waals surface area (Å²) in [6.07, 6.45) is 6.32. The average Bonchev–Trinajstić information content (AvgIpc) is 3.31. The Morgan fingerprint density at radius 2 is 2.04 bits per heavy atom. The largest absolute Gasteiger partial charge is 0.347 e. The van der Waals surface area contributed by atoms with E-state index in [-0.39, 0.29) is 17.4 Å². The molecule has 0 aliphatic carbocycles. The van der Waals surface area contributed by atoms with Crippen LogP contribution >= 0.6 is 0 Å². The number of anilines is 1. The van der Waals surface area contributed by atoms with Crippen molar-refractivity contribution in [2.75, 3.05) is 38.1 Å². The summed E-state index contributed by atoms with van der Waals surface area (Å²) in [5.74, 6) is 0.117. The van der Waals surface area contributed by atoms with E-state index in [0.29, 0.717) is 31.9 Å². The number of rotatable bonds is 2. The quantitative estimate of drug-likeness (QED) is 0.777. The van der Waals surface area contributed by atoms with Crippen molar-refractivity contribution in [2.24, 2.45) is 14.1 Å². The normalized spacial score (nSPS) is 24.0. The molecular formula is C18H24N6O2. The molecule has 0 saturated carbocycles. The van der Waals surface area contributed by atoms with E-state index in [4.69, 9.17) is 0 Å². The van der Waals surface area contributed by atoms with E-state index in [1.54, 1.807) is 10.9 Å². The molecule has 1 unspecified atom stereocenters. The van der Waals surface area contributed by atoms with E-state index in [9.17, 15) is 9.59 Å². The van der Waals surface area contributed by atoms with Gasteiger partial charge in [0.15, 0.2) is 0 Å². The van der Waals surface area contributed by atoms with Gasteiger partial charge in [-0.3, -0.25) is 19.2 Å². The van der Waals surface area contributed by atoms with Crippen LogP contribution in [0.15, 0.2) is 30.7 Å². The molecule has 8 nitrogen and oxygen atoms in total. The number of amides is 2. The van der Waals surface area contributed by atoms with E-state index in [1.165, 1.54) is 0 Å². The second-order valence-electron chi connectivity index (χ2n) is 7.41. The molecule has 8 heteroatoms. The molecule has 2 aromatic heterocycles. The fraction of sp³-hybridized carbons (Fsp3) is 0.500. The van der Waals surface area contributed by atoms with E-state index < -0.39 is 0 Å². The monoisotopic (exact) mass is 356 g/mol. The lowest BCUT2D eigenvalue weighted by atomic mass is 9.93. The number of carbonyl (C=O) groups is 2. The van der Waals surface area contributed by atoms with Crippen LogP contribution in [0, 0.1) is 0 Å². The van der Waals surface area contributed by atoms with Gasteiger partial charge in [0.25, 0.3) is 5.91 Å². The molecule has 2 fully saturated rings. The molecule has 2 saturated heterocycles. The minimum absolute atomic E-state index is 0.0487. The molecule has 4 rings (SSSR count). The number of likely N-dealkylation sites (N-methyl/N-ethyl adjacent to an activating group) is 1. The van der Waals surface area contributed by atoms with Gasteiger partial charge in [0.05, 0.1) is 24.0 Å². The van der Waals surface area contributed by atoms with Crippen LogP contribution in [0.25, 0.3) is 0 Å². The van der Waals surface area contributed by atoms with Gasteiger partial charge in [-0.25, -0.2) is 0 Å².